The van der Waals surface area contributed by atoms with Gasteiger partial charge in [0.2, 0.25) is 0 Å². The smallest absolute Gasteiger partial charge is 0.338 e. The fraction of sp³-hybridized carbons (Fsp3) is 0.308. The molecule has 7 nitrogen and oxygen atoms in total. The molecule has 7 heteroatoms. The summed E-state index contributed by atoms with van der Waals surface area (Å²) in [7, 11) is 0. The maximum absolute atomic E-state index is 12.4. The number of benzene rings is 2. The number of nitrogens with two attached hydrogens (primary N) is 2. The number of rotatable bonds is 9. The fourth-order valence-electron chi connectivity index (χ4n) is 3.67. The van der Waals surface area contributed by atoms with Gasteiger partial charge >= 0.3 is 11.9 Å². The molecule has 0 bridgehead atoms. The van der Waals surface area contributed by atoms with Gasteiger partial charge in [-0.1, -0.05) is 18.2 Å². The third-order valence-corrected chi connectivity index (χ3v) is 5.32. The molecule has 1 aliphatic carbocycles. The van der Waals surface area contributed by atoms with Crippen LogP contribution in [0.2, 0.25) is 0 Å². The number of anilines is 2. The predicted octanol–water partition coefficient (Wildman–Crippen LogP) is 4.28. The Labute approximate surface area is 194 Å². The van der Waals surface area contributed by atoms with Crippen LogP contribution < -0.4 is 11.5 Å². The van der Waals surface area contributed by atoms with Crippen molar-refractivity contribution in [3.63, 3.8) is 0 Å². The number of hydrogen-bond acceptors (Lipinski definition) is 7. The molecular formula is C26H30N2O5. The van der Waals surface area contributed by atoms with E-state index in [1.165, 1.54) is 6.08 Å². The second-order valence-corrected chi connectivity index (χ2v) is 8.00. The minimum absolute atomic E-state index is 0.0749. The van der Waals surface area contributed by atoms with E-state index >= 15 is 0 Å². The van der Waals surface area contributed by atoms with E-state index < -0.39 is 5.97 Å². The Morgan fingerprint density at radius 1 is 0.970 bits per heavy atom. The Kier molecular flexibility index (Phi) is 8.66. The fourth-order valence-corrected chi connectivity index (χ4v) is 3.67. The van der Waals surface area contributed by atoms with Gasteiger partial charge in [-0.3, -0.25) is 0 Å². The van der Waals surface area contributed by atoms with Gasteiger partial charge in [-0.25, -0.2) is 9.59 Å². The number of esters is 2. The van der Waals surface area contributed by atoms with Crippen molar-refractivity contribution in [3.8, 4) is 0 Å². The van der Waals surface area contributed by atoms with Gasteiger partial charge < -0.3 is 25.7 Å². The molecule has 0 amide bonds. The van der Waals surface area contributed by atoms with Gasteiger partial charge in [0.1, 0.15) is 12.7 Å². The molecule has 2 aromatic rings. The molecule has 2 aromatic carbocycles. The largest absolute Gasteiger partial charge is 0.459 e. The van der Waals surface area contributed by atoms with Crippen LogP contribution in [0.4, 0.5) is 11.4 Å². The molecule has 0 unspecified atom stereocenters. The zero-order valence-corrected chi connectivity index (χ0v) is 18.6. The van der Waals surface area contributed by atoms with Gasteiger partial charge in [0.05, 0.1) is 18.3 Å². The van der Waals surface area contributed by atoms with E-state index in [2.05, 4.69) is 6.58 Å². The quantitative estimate of drug-likeness (QED) is 0.254. The van der Waals surface area contributed by atoms with Crippen LogP contribution in [0.3, 0.4) is 0 Å². The van der Waals surface area contributed by atoms with Gasteiger partial charge in [0, 0.05) is 17.5 Å². The third-order valence-electron chi connectivity index (χ3n) is 5.32. The summed E-state index contributed by atoms with van der Waals surface area (Å²) in [5.74, 6) is -0.839. The molecular weight excluding hydrogens is 420 g/mol. The summed E-state index contributed by atoms with van der Waals surface area (Å²) in [5.41, 5.74) is 14.4. The topological polar surface area (TPSA) is 114 Å². The average Bonchev–Trinajstić information content (AvgIpc) is 2.80. The Hall–Kier alpha value is -3.58. The Morgan fingerprint density at radius 3 is 2.24 bits per heavy atom. The normalized spacial score (nSPS) is 18.1. The first-order valence-electron chi connectivity index (χ1n) is 11.0. The van der Waals surface area contributed by atoms with Gasteiger partial charge in [-0.2, -0.15) is 0 Å². The van der Waals surface area contributed by atoms with Crippen molar-refractivity contribution in [3.05, 3.63) is 77.9 Å². The molecule has 0 saturated heterocycles. The summed E-state index contributed by atoms with van der Waals surface area (Å²) >= 11 is 0. The minimum Gasteiger partial charge on any atom is -0.459 e. The van der Waals surface area contributed by atoms with Crippen molar-refractivity contribution < 1.29 is 23.8 Å². The second kappa shape index (κ2) is 11.9. The van der Waals surface area contributed by atoms with Crippen molar-refractivity contribution in [2.75, 3.05) is 18.1 Å². The van der Waals surface area contributed by atoms with E-state index in [0.717, 1.165) is 36.8 Å². The van der Waals surface area contributed by atoms with Crippen LogP contribution in [0, 0.1) is 0 Å². The molecule has 0 aromatic heterocycles. The van der Waals surface area contributed by atoms with Crippen LogP contribution in [-0.2, 0) is 25.6 Å². The van der Waals surface area contributed by atoms with Gasteiger partial charge in [-0.15, -0.1) is 6.58 Å². The van der Waals surface area contributed by atoms with Crippen molar-refractivity contribution >= 4 is 29.4 Å². The highest BCUT2D eigenvalue weighted by atomic mass is 16.5. The lowest BCUT2D eigenvalue weighted by Gasteiger charge is -2.28. The first-order chi connectivity index (χ1) is 15.9. The zero-order chi connectivity index (χ0) is 23.6. The monoisotopic (exact) mass is 450 g/mol. The number of nitrogen functional groups attached to an aromatic ring is 2. The molecule has 174 valence electrons. The number of hydrogen-bond donors (Lipinski definition) is 2. The zero-order valence-electron chi connectivity index (χ0n) is 18.6. The van der Waals surface area contributed by atoms with E-state index in [4.69, 9.17) is 25.7 Å². The van der Waals surface area contributed by atoms with Crippen molar-refractivity contribution in [1.82, 2.24) is 0 Å². The van der Waals surface area contributed by atoms with Crippen LogP contribution in [0.15, 0.2) is 61.2 Å². The summed E-state index contributed by atoms with van der Waals surface area (Å²) < 4.78 is 16.5. The van der Waals surface area contributed by atoms with Crippen molar-refractivity contribution in [2.45, 2.75) is 44.5 Å². The third kappa shape index (κ3) is 7.80. The molecule has 1 fully saturated rings. The molecule has 1 aliphatic rings. The summed E-state index contributed by atoms with van der Waals surface area (Å²) in [6.45, 7) is 4.28. The maximum atomic E-state index is 12.4. The van der Waals surface area contributed by atoms with Crippen LogP contribution in [0.25, 0.3) is 6.08 Å². The van der Waals surface area contributed by atoms with Gasteiger partial charge in [-0.05, 0) is 73.2 Å². The van der Waals surface area contributed by atoms with Gasteiger partial charge in [0.25, 0.3) is 0 Å². The molecule has 0 aliphatic heterocycles. The number of carbonyl (C=O) groups excluding carboxylic acids is 2. The molecule has 33 heavy (non-hydrogen) atoms. The molecule has 3 rings (SSSR count). The Bertz CT molecular complexity index is 972. The molecule has 4 N–H and O–H groups in total. The van der Waals surface area contributed by atoms with Crippen molar-refractivity contribution in [1.29, 1.82) is 0 Å². The predicted molar refractivity (Wildman–Crippen MR) is 128 cm³/mol. The lowest BCUT2D eigenvalue weighted by molar-refractivity contribution is -0.138. The van der Waals surface area contributed by atoms with Crippen LogP contribution in [-0.4, -0.2) is 30.8 Å². The molecule has 0 heterocycles. The SMILES string of the molecule is C=CCOC1CCC(OC(=O)c2ccc(C=CC(=O)OCc3cc(N)cc(N)c3)cc2)CC1. The van der Waals surface area contributed by atoms with Crippen LogP contribution in [0.1, 0.15) is 47.2 Å². The molecule has 0 spiro atoms. The lowest BCUT2D eigenvalue weighted by atomic mass is 9.95. The molecule has 1 saturated carbocycles. The summed E-state index contributed by atoms with van der Waals surface area (Å²) in [4.78, 5) is 24.4. The van der Waals surface area contributed by atoms with E-state index in [-0.39, 0.29) is 24.8 Å². The maximum Gasteiger partial charge on any atom is 0.338 e. The van der Waals surface area contributed by atoms with Crippen LogP contribution >= 0.6 is 0 Å². The highest BCUT2D eigenvalue weighted by molar-refractivity contribution is 5.90. The first kappa shape index (κ1) is 24.1. The van der Waals surface area contributed by atoms with E-state index in [1.807, 2.05) is 0 Å². The standard InChI is InChI=1S/C26H30N2O5/c1-2-13-31-23-8-10-24(11-9-23)33-26(30)20-6-3-18(4-7-20)5-12-25(29)32-17-19-14-21(27)16-22(28)15-19/h2-7,12,14-16,23-24H,1,8-11,13,17,27-28H2. The highest BCUT2D eigenvalue weighted by Crippen LogP contribution is 2.24. The van der Waals surface area contributed by atoms with Crippen LogP contribution in [0.5, 0.6) is 0 Å². The lowest BCUT2D eigenvalue weighted by Crippen LogP contribution is -2.28. The summed E-state index contributed by atoms with van der Waals surface area (Å²) in [5, 5.41) is 0. The Morgan fingerprint density at radius 2 is 1.61 bits per heavy atom. The number of carbonyl (C=O) groups is 2. The minimum atomic E-state index is -0.493. The first-order valence-corrected chi connectivity index (χ1v) is 11.0. The average molecular weight is 451 g/mol. The van der Waals surface area contributed by atoms with Crippen molar-refractivity contribution in [2.24, 2.45) is 0 Å². The van der Waals surface area contributed by atoms with E-state index in [1.54, 1.807) is 54.6 Å². The summed E-state index contributed by atoms with van der Waals surface area (Å²) in [6.07, 6.45) is 8.13. The number of ether oxygens (including phenoxy) is 3. The van der Waals surface area contributed by atoms with E-state index in [9.17, 15) is 9.59 Å². The van der Waals surface area contributed by atoms with Gasteiger partial charge in [0.15, 0.2) is 0 Å². The Balaban J connectivity index is 1.44. The second-order valence-electron chi connectivity index (χ2n) is 8.00. The molecule has 0 radical (unpaired) electrons. The highest BCUT2D eigenvalue weighted by Gasteiger charge is 2.24. The van der Waals surface area contributed by atoms with E-state index in [0.29, 0.717) is 23.5 Å². The summed E-state index contributed by atoms with van der Waals surface area (Å²) in [6, 6.07) is 11.9. The molecule has 0 atom stereocenters.